The summed E-state index contributed by atoms with van der Waals surface area (Å²) in [5, 5.41) is 9.37. The molecule has 0 amide bonds. The van der Waals surface area contributed by atoms with Crippen LogP contribution in [0, 0.1) is 13.8 Å². The fourth-order valence-corrected chi connectivity index (χ4v) is 1.30. The Bertz CT molecular complexity index is 340. The summed E-state index contributed by atoms with van der Waals surface area (Å²) < 4.78 is 0. The molecule has 0 heterocycles. The quantitative estimate of drug-likeness (QED) is 0.707. The number of hydrogen-bond donors (Lipinski definition) is 1. The minimum absolute atomic E-state index is 0.126. The topological polar surface area (TPSA) is 37.3 Å². The highest BCUT2D eigenvalue weighted by atomic mass is 16.3. The Morgan fingerprint density at radius 2 is 1.92 bits per heavy atom. The zero-order valence-corrected chi connectivity index (χ0v) is 8.22. The highest BCUT2D eigenvalue weighted by molar-refractivity contribution is 5.97. The third-order valence-electron chi connectivity index (χ3n) is 2.38. The van der Waals surface area contributed by atoms with Crippen molar-refractivity contribution in [3.63, 3.8) is 0 Å². The lowest BCUT2D eigenvalue weighted by atomic mass is 9.98. The van der Waals surface area contributed by atoms with E-state index in [0.29, 0.717) is 6.42 Å². The van der Waals surface area contributed by atoms with Gasteiger partial charge in [-0.3, -0.25) is 4.79 Å². The summed E-state index contributed by atoms with van der Waals surface area (Å²) in [6.45, 7) is 5.51. The summed E-state index contributed by atoms with van der Waals surface area (Å²) in [5.74, 6) is 0.380. The maximum absolute atomic E-state index is 11.4. The molecular formula is C11H14O2. The summed E-state index contributed by atoms with van der Waals surface area (Å²) in [4.78, 5) is 11.4. The van der Waals surface area contributed by atoms with E-state index in [2.05, 4.69) is 0 Å². The van der Waals surface area contributed by atoms with Crippen molar-refractivity contribution in [2.24, 2.45) is 0 Å². The number of rotatable bonds is 2. The molecule has 0 aliphatic heterocycles. The number of phenolic OH excluding ortho intramolecular Hbond substituents is 1. The van der Waals surface area contributed by atoms with Crippen molar-refractivity contribution in [3.8, 4) is 5.75 Å². The van der Waals surface area contributed by atoms with Crippen molar-refractivity contribution < 1.29 is 9.90 Å². The zero-order chi connectivity index (χ0) is 10.0. The SMILES string of the molecule is CCC(=O)c1ccc(O)c(C)c1C. The van der Waals surface area contributed by atoms with Crippen LogP contribution in [0.1, 0.15) is 34.8 Å². The largest absolute Gasteiger partial charge is 0.508 e. The van der Waals surface area contributed by atoms with Gasteiger partial charge in [-0.25, -0.2) is 0 Å². The van der Waals surface area contributed by atoms with Crippen molar-refractivity contribution in [2.75, 3.05) is 0 Å². The molecule has 0 saturated heterocycles. The number of benzene rings is 1. The Kier molecular flexibility index (Phi) is 2.71. The van der Waals surface area contributed by atoms with Crippen LogP contribution in [-0.2, 0) is 0 Å². The van der Waals surface area contributed by atoms with E-state index >= 15 is 0 Å². The van der Waals surface area contributed by atoms with E-state index in [4.69, 9.17) is 0 Å². The van der Waals surface area contributed by atoms with E-state index in [1.807, 2.05) is 20.8 Å². The van der Waals surface area contributed by atoms with Gasteiger partial charge < -0.3 is 5.11 Å². The Labute approximate surface area is 78.2 Å². The molecule has 0 saturated carbocycles. The Morgan fingerprint density at radius 3 is 2.46 bits per heavy atom. The number of carbonyl (C=O) groups is 1. The van der Waals surface area contributed by atoms with E-state index in [1.165, 1.54) is 0 Å². The van der Waals surface area contributed by atoms with E-state index < -0.39 is 0 Å². The van der Waals surface area contributed by atoms with E-state index in [1.54, 1.807) is 12.1 Å². The zero-order valence-electron chi connectivity index (χ0n) is 8.22. The molecule has 13 heavy (non-hydrogen) atoms. The molecule has 0 radical (unpaired) electrons. The fraction of sp³-hybridized carbons (Fsp3) is 0.364. The number of carbonyl (C=O) groups excluding carboxylic acids is 1. The molecule has 0 spiro atoms. The molecule has 2 heteroatoms. The van der Waals surface area contributed by atoms with Gasteiger partial charge in [0.15, 0.2) is 5.78 Å². The van der Waals surface area contributed by atoms with E-state index in [9.17, 15) is 9.90 Å². The minimum atomic E-state index is 0.126. The molecule has 0 fully saturated rings. The van der Waals surface area contributed by atoms with Crippen LogP contribution < -0.4 is 0 Å². The van der Waals surface area contributed by atoms with Crippen LogP contribution in [0.2, 0.25) is 0 Å². The second-order valence-electron chi connectivity index (χ2n) is 3.16. The molecule has 0 bridgehead atoms. The lowest BCUT2D eigenvalue weighted by molar-refractivity contribution is 0.0987. The second kappa shape index (κ2) is 3.60. The van der Waals surface area contributed by atoms with Crippen molar-refractivity contribution in [1.82, 2.24) is 0 Å². The minimum Gasteiger partial charge on any atom is -0.508 e. The molecule has 0 aromatic heterocycles. The number of ketones is 1. The van der Waals surface area contributed by atoms with E-state index in [0.717, 1.165) is 16.7 Å². The van der Waals surface area contributed by atoms with Gasteiger partial charge in [-0.1, -0.05) is 6.92 Å². The third-order valence-corrected chi connectivity index (χ3v) is 2.38. The molecular weight excluding hydrogens is 164 g/mol. The maximum atomic E-state index is 11.4. The van der Waals surface area contributed by atoms with Gasteiger partial charge in [0.05, 0.1) is 0 Å². The summed E-state index contributed by atoms with van der Waals surface area (Å²) >= 11 is 0. The summed E-state index contributed by atoms with van der Waals surface area (Å²) in [7, 11) is 0. The van der Waals surface area contributed by atoms with Crippen LogP contribution in [-0.4, -0.2) is 10.9 Å². The summed E-state index contributed by atoms with van der Waals surface area (Å²) in [6.07, 6.45) is 0.505. The van der Waals surface area contributed by atoms with Gasteiger partial charge in [-0.2, -0.15) is 0 Å². The molecule has 0 atom stereocenters. The molecule has 1 aromatic carbocycles. The Hall–Kier alpha value is -1.31. The second-order valence-corrected chi connectivity index (χ2v) is 3.16. The Morgan fingerprint density at radius 1 is 1.31 bits per heavy atom. The lowest BCUT2D eigenvalue weighted by Crippen LogP contribution is -2.01. The summed E-state index contributed by atoms with van der Waals surface area (Å²) in [5.41, 5.74) is 2.39. The number of hydrogen-bond acceptors (Lipinski definition) is 2. The fourth-order valence-electron chi connectivity index (χ4n) is 1.30. The maximum Gasteiger partial charge on any atom is 0.162 e. The molecule has 1 aromatic rings. The van der Waals surface area contributed by atoms with Crippen LogP contribution in [0.4, 0.5) is 0 Å². The van der Waals surface area contributed by atoms with E-state index in [-0.39, 0.29) is 11.5 Å². The van der Waals surface area contributed by atoms with Crippen molar-refractivity contribution in [1.29, 1.82) is 0 Å². The Balaban J connectivity index is 3.26. The van der Waals surface area contributed by atoms with Crippen LogP contribution in [0.3, 0.4) is 0 Å². The first-order chi connectivity index (χ1) is 6.07. The highest BCUT2D eigenvalue weighted by Gasteiger charge is 2.10. The molecule has 0 aliphatic rings. The highest BCUT2D eigenvalue weighted by Crippen LogP contribution is 2.23. The molecule has 1 rings (SSSR count). The predicted molar refractivity (Wildman–Crippen MR) is 52.2 cm³/mol. The third kappa shape index (κ3) is 1.72. The average molecular weight is 178 g/mol. The van der Waals surface area contributed by atoms with Gasteiger partial charge in [0.1, 0.15) is 5.75 Å². The van der Waals surface area contributed by atoms with Gasteiger partial charge in [-0.05, 0) is 37.1 Å². The number of phenols is 1. The molecule has 70 valence electrons. The standard InChI is InChI=1S/C11H14O2/c1-4-10(12)9-5-6-11(13)8(3)7(9)2/h5-6,13H,4H2,1-3H3. The smallest absolute Gasteiger partial charge is 0.162 e. The van der Waals surface area contributed by atoms with Crippen LogP contribution in [0.15, 0.2) is 12.1 Å². The summed E-state index contributed by atoms with van der Waals surface area (Å²) in [6, 6.07) is 3.26. The molecule has 1 N–H and O–H groups in total. The first-order valence-corrected chi connectivity index (χ1v) is 4.40. The number of aromatic hydroxyl groups is 1. The first-order valence-electron chi connectivity index (χ1n) is 4.40. The van der Waals surface area contributed by atoms with Gasteiger partial charge in [0.25, 0.3) is 0 Å². The van der Waals surface area contributed by atoms with Crippen LogP contribution in [0.5, 0.6) is 5.75 Å². The molecule has 0 unspecified atom stereocenters. The van der Waals surface area contributed by atoms with Crippen molar-refractivity contribution in [3.05, 3.63) is 28.8 Å². The number of Topliss-reactive ketones (excluding diaryl/α,β-unsaturated/α-hetero) is 1. The van der Waals surface area contributed by atoms with Gasteiger partial charge in [-0.15, -0.1) is 0 Å². The van der Waals surface area contributed by atoms with Crippen LogP contribution in [0.25, 0.3) is 0 Å². The van der Waals surface area contributed by atoms with Crippen molar-refractivity contribution in [2.45, 2.75) is 27.2 Å². The van der Waals surface area contributed by atoms with Gasteiger partial charge in [0, 0.05) is 12.0 Å². The van der Waals surface area contributed by atoms with Gasteiger partial charge in [0.2, 0.25) is 0 Å². The normalized spacial score (nSPS) is 10.1. The first kappa shape index (κ1) is 9.78. The van der Waals surface area contributed by atoms with Gasteiger partial charge >= 0.3 is 0 Å². The van der Waals surface area contributed by atoms with Crippen molar-refractivity contribution >= 4 is 5.78 Å². The predicted octanol–water partition coefficient (Wildman–Crippen LogP) is 2.60. The molecule has 2 nitrogen and oxygen atoms in total. The average Bonchev–Trinajstić information content (AvgIpc) is 2.13. The monoisotopic (exact) mass is 178 g/mol. The molecule has 0 aliphatic carbocycles. The van der Waals surface area contributed by atoms with Crippen LogP contribution >= 0.6 is 0 Å². The lowest BCUT2D eigenvalue weighted by Gasteiger charge is -2.07.